The zero-order valence-electron chi connectivity index (χ0n) is 19.4. The van der Waals surface area contributed by atoms with E-state index in [2.05, 4.69) is 11.9 Å². The van der Waals surface area contributed by atoms with Gasteiger partial charge < -0.3 is 4.74 Å². The Kier molecular flexibility index (Phi) is 8.61. The van der Waals surface area contributed by atoms with Crippen LogP contribution in [0.2, 0.25) is 0 Å². The lowest BCUT2D eigenvalue weighted by molar-refractivity contribution is 0.0531. The second-order valence-electron chi connectivity index (χ2n) is 7.93. The van der Waals surface area contributed by atoms with Crippen LogP contribution >= 0.6 is 11.3 Å². The third kappa shape index (κ3) is 5.80. The maximum absolute atomic E-state index is 13.4. The molecular formula is C23H31N3O5S2. The van der Waals surface area contributed by atoms with E-state index < -0.39 is 16.0 Å². The Morgan fingerprint density at radius 3 is 2.39 bits per heavy atom. The van der Waals surface area contributed by atoms with Crippen molar-refractivity contribution in [3.63, 3.8) is 0 Å². The van der Waals surface area contributed by atoms with Gasteiger partial charge in [0.25, 0.3) is 5.91 Å². The number of nitrogens with zero attached hydrogens (tertiary/aromatic N) is 3. The van der Waals surface area contributed by atoms with Crippen molar-refractivity contribution in [2.45, 2.75) is 57.8 Å². The number of hydrogen-bond acceptors (Lipinski definition) is 7. The van der Waals surface area contributed by atoms with Gasteiger partial charge in [0.2, 0.25) is 10.0 Å². The van der Waals surface area contributed by atoms with E-state index >= 15 is 0 Å². The number of carbonyl (C=O) groups is 2. The summed E-state index contributed by atoms with van der Waals surface area (Å²) < 4.78 is 32.1. The third-order valence-electron chi connectivity index (χ3n) is 5.51. The fraction of sp³-hybridized carbons (Fsp3) is 0.522. The molecule has 0 bridgehead atoms. The van der Waals surface area contributed by atoms with E-state index in [0.717, 1.165) is 43.4 Å². The number of esters is 1. The zero-order valence-corrected chi connectivity index (χ0v) is 21.0. The molecule has 180 valence electrons. The monoisotopic (exact) mass is 493 g/mol. The second kappa shape index (κ2) is 11.2. The SMILES string of the molecule is CCCCCN(C(=O)c1ccc(S(=O)(=O)N2CCCC2)cc1)c1nc(C)c(C(=O)OCC)s1. The number of rotatable bonds is 10. The van der Waals surface area contributed by atoms with Crippen molar-refractivity contribution in [3.8, 4) is 0 Å². The van der Waals surface area contributed by atoms with Crippen molar-refractivity contribution in [2.24, 2.45) is 0 Å². The van der Waals surface area contributed by atoms with Crippen molar-refractivity contribution >= 4 is 38.4 Å². The van der Waals surface area contributed by atoms with E-state index in [9.17, 15) is 18.0 Å². The van der Waals surface area contributed by atoms with Crippen LogP contribution < -0.4 is 4.90 Å². The number of anilines is 1. The van der Waals surface area contributed by atoms with E-state index in [1.807, 2.05) is 0 Å². The summed E-state index contributed by atoms with van der Waals surface area (Å²) in [6.07, 6.45) is 4.46. The van der Waals surface area contributed by atoms with E-state index in [1.165, 1.54) is 16.4 Å². The summed E-state index contributed by atoms with van der Waals surface area (Å²) in [6.45, 7) is 7.31. The number of ether oxygens (including phenoxy) is 1. The molecule has 8 nitrogen and oxygen atoms in total. The van der Waals surface area contributed by atoms with Crippen LogP contribution in [0.15, 0.2) is 29.2 Å². The van der Waals surface area contributed by atoms with Crippen molar-refractivity contribution in [3.05, 3.63) is 40.4 Å². The van der Waals surface area contributed by atoms with Gasteiger partial charge in [0.1, 0.15) is 4.88 Å². The molecule has 3 rings (SSSR count). The zero-order chi connectivity index (χ0) is 24.0. The number of aromatic nitrogens is 1. The van der Waals surface area contributed by atoms with Crippen molar-refractivity contribution in [1.82, 2.24) is 9.29 Å². The minimum absolute atomic E-state index is 0.188. The standard InChI is InChI=1S/C23H31N3O5S2/c1-4-6-7-16-26(23-24-17(3)20(32-23)22(28)31-5-2)21(27)18-10-12-19(13-11-18)33(29,30)25-14-8-9-15-25/h10-13H,4-9,14-16H2,1-3H3. The Morgan fingerprint density at radius 2 is 1.79 bits per heavy atom. The Balaban J connectivity index is 1.86. The normalized spacial score (nSPS) is 14.4. The van der Waals surface area contributed by atoms with Crippen LogP contribution in [0.3, 0.4) is 0 Å². The molecule has 1 saturated heterocycles. The molecule has 0 aliphatic carbocycles. The molecule has 10 heteroatoms. The average molecular weight is 494 g/mol. The van der Waals surface area contributed by atoms with E-state index in [1.54, 1.807) is 30.9 Å². The Morgan fingerprint density at radius 1 is 1.12 bits per heavy atom. The van der Waals surface area contributed by atoms with Gasteiger partial charge in [-0.1, -0.05) is 31.1 Å². The molecule has 1 amide bonds. The van der Waals surface area contributed by atoms with E-state index in [4.69, 9.17) is 4.74 Å². The lowest BCUT2D eigenvalue weighted by atomic mass is 10.2. The molecule has 1 fully saturated rings. The maximum Gasteiger partial charge on any atom is 0.350 e. The van der Waals surface area contributed by atoms with Gasteiger partial charge in [-0.15, -0.1) is 0 Å². The molecule has 1 aliphatic heterocycles. The third-order valence-corrected chi connectivity index (χ3v) is 8.58. The molecule has 1 aliphatic rings. The molecule has 1 aromatic heterocycles. The number of thiazole rings is 1. The van der Waals surface area contributed by atoms with Crippen LogP contribution in [0, 0.1) is 6.92 Å². The summed E-state index contributed by atoms with van der Waals surface area (Å²) in [6, 6.07) is 6.07. The molecular weight excluding hydrogens is 462 g/mol. The second-order valence-corrected chi connectivity index (χ2v) is 10.8. The predicted molar refractivity (Wildman–Crippen MR) is 128 cm³/mol. The minimum Gasteiger partial charge on any atom is -0.462 e. The first kappa shape index (κ1) is 25.3. The summed E-state index contributed by atoms with van der Waals surface area (Å²) in [7, 11) is -3.54. The molecule has 1 aromatic carbocycles. The topological polar surface area (TPSA) is 96.9 Å². The largest absolute Gasteiger partial charge is 0.462 e. The van der Waals surface area contributed by atoms with Crippen LogP contribution in [0.25, 0.3) is 0 Å². The van der Waals surface area contributed by atoms with Gasteiger partial charge in [0.05, 0.1) is 17.2 Å². The lowest BCUT2D eigenvalue weighted by Crippen LogP contribution is -2.32. The number of amides is 1. The fourth-order valence-electron chi connectivity index (χ4n) is 3.69. The molecule has 0 radical (unpaired) electrons. The number of carbonyl (C=O) groups excluding carboxylic acids is 2. The van der Waals surface area contributed by atoms with Crippen LogP contribution in [0.1, 0.15) is 71.7 Å². The number of aryl methyl sites for hydroxylation is 1. The van der Waals surface area contributed by atoms with Crippen LogP contribution in [-0.4, -0.2) is 55.8 Å². The highest BCUT2D eigenvalue weighted by atomic mass is 32.2. The summed E-state index contributed by atoms with van der Waals surface area (Å²) in [4.78, 5) is 32.2. The summed E-state index contributed by atoms with van der Waals surface area (Å²) in [5.41, 5.74) is 0.895. The average Bonchev–Trinajstić information content (AvgIpc) is 3.47. The van der Waals surface area contributed by atoms with Gasteiger partial charge >= 0.3 is 5.97 Å². The molecule has 0 saturated carbocycles. The van der Waals surface area contributed by atoms with Crippen molar-refractivity contribution < 1.29 is 22.7 Å². The lowest BCUT2D eigenvalue weighted by Gasteiger charge is -2.20. The minimum atomic E-state index is -3.54. The molecule has 0 spiro atoms. The van der Waals surface area contributed by atoms with Gasteiger partial charge in [-0.2, -0.15) is 4.31 Å². The molecule has 0 N–H and O–H groups in total. The highest BCUT2D eigenvalue weighted by molar-refractivity contribution is 7.89. The smallest absolute Gasteiger partial charge is 0.350 e. The van der Waals surface area contributed by atoms with E-state index in [-0.39, 0.29) is 17.4 Å². The Labute approximate surface area is 199 Å². The number of hydrogen-bond donors (Lipinski definition) is 0. The first-order valence-electron chi connectivity index (χ1n) is 11.4. The van der Waals surface area contributed by atoms with Crippen LogP contribution in [-0.2, 0) is 14.8 Å². The summed E-state index contributed by atoms with van der Waals surface area (Å²) >= 11 is 1.14. The molecule has 33 heavy (non-hydrogen) atoms. The first-order valence-corrected chi connectivity index (χ1v) is 13.6. The molecule has 0 unspecified atom stereocenters. The number of sulfonamides is 1. The fourth-order valence-corrected chi connectivity index (χ4v) is 6.19. The Bertz CT molecular complexity index is 1070. The Hall–Kier alpha value is -2.30. The molecule has 0 atom stereocenters. The van der Waals surface area contributed by atoms with Gasteiger partial charge in [-0.05, 0) is 57.4 Å². The van der Waals surface area contributed by atoms with Gasteiger partial charge in [-0.25, -0.2) is 18.2 Å². The predicted octanol–water partition coefficient (Wildman–Crippen LogP) is 4.25. The molecule has 2 aromatic rings. The maximum atomic E-state index is 13.4. The van der Waals surface area contributed by atoms with Crippen LogP contribution in [0.5, 0.6) is 0 Å². The number of benzene rings is 1. The highest BCUT2D eigenvalue weighted by Gasteiger charge is 2.28. The van der Waals surface area contributed by atoms with Gasteiger partial charge in [0, 0.05) is 25.2 Å². The molecule has 2 heterocycles. The summed E-state index contributed by atoms with van der Waals surface area (Å²) in [5, 5.41) is 0.436. The quantitative estimate of drug-likeness (QED) is 0.363. The van der Waals surface area contributed by atoms with Crippen LogP contribution in [0.4, 0.5) is 5.13 Å². The van der Waals surface area contributed by atoms with Crippen molar-refractivity contribution in [2.75, 3.05) is 31.1 Å². The highest BCUT2D eigenvalue weighted by Crippen LogP contribution is 2.29. The van der Waals surface area contributed by atoms with E-state index in [0.29, 0.717) is 40.9 Å². The van der Waals surface area contributed by atoms with Gasteiger partial charge in [0.15, 0.2) is 5.13 Å². The number of unbranched alkanes of at least 4 members (excludes halogenated alkanes) is 2. The van der Waals surface area contributed by atoms with Crippen molar-refractivity contribution in [1.29, 1.82) is 0 Å². The first-order chi connectivity index (χ1) is 15.8. The summed E-state index contributed by atoms with van der Waals surface area (Å²) in [5.74, 6) is -0.725. The van der Waals surface area contributed by atoms with Gasteiger partial charge in [-0.3, -0.25) is 9.69 Å².